The molecular formula is C20H16BrF3N2O. The van der Waals surface area contributed by atoms with Crippen molar-refractivity contribution < 1.29 is 18.0 Å². The first kappa shape index (κ1) is 19.5. The van der Waals surface area contributed by atoms with Crippen LogP contribution in [0, 0.1) is 0 Å². The Kier molecular flexibility index (Phi) is 5.89. The highest BCUT2D eigenvalue weighted by Crippen LogP contribution is 2.35. The fourth-order valence-electron chi connectivity index (χ4n) is 2.91. The average molecular weight is 437 g/mol. The third-order valence-corrected chi connectivity index (χ3v) is 4.83. The first-order valence-electron chi connectivity index (χ1n) is 8.33. The maximum Gasteiger partial charge on any atom is 0.413 e. The highest BCUT2D eigenvalue weighted by atomic mass is 79.9. The van der Waals surface area contributed by atoms with Gasteiger partial charge in [-0.2, -0.15) is 13.2 Å². The van der Waals surface area contributed by atoms with Gasteiger partial charge < -0.3 is 0 Å². The number of carbonyl (C=O) groups is 1. The van der Waals surface area contributed by atoms with Gasteiger partial charge in [0.15, 0.2) is 5.78 Å². The Morgan fingerprint density at radius 3 is 2.56 bits per heavy atom. The zero-order valence-corrected chi connectivity index (χ0v) is 15.8. The number of carbonyl (C=O) groups excluding carboxylic acids is 1. The number of nitrogens with zero attached hydrogens (tertiary/aromatic N) is 2. The molecule has 0 radical (unpaired) electrons. The SMILES string of the molecule is O=C(CC1C=NC=N1)C1=C(C(F)(F)F)CC=C(Cc2ccc(Br)cc2)C=C1. The Bertz CT molecular complexity index is 865. The summed E-state index contributed by atoms with van der Waals surface area (Å²) in [6, 6.07) is 7.09. The molecule has 2 aliphatic rings. The third kappa shape index (κ3) is 5.13. The van der Waals surface area contributed by atoms with Gasteiger partial charge in [0.1, 0.15) is 6.34 Å². The van der Waals surface area contributed by atoms with Crippen molar-refractivity contribution in [2.45, 2.75) is 31.5 Å². The Balaban J connectivity index is 1.82. The van der Waals surface area contributed by atoms with Gasteiger partial charge in [0.05, 0.1) is 6.04 Å². The number of Topliss-reactive ketones (excluding diaryl/α,β-unsaturated/α-hetero) is 1. The molecule has 1 unspecified atom stereocenters. The van der Waals surface area contributed by atoms with E-state index in [0.29, 0.717) is 6.42 Å². The van der Waals surface area contributed by atoms with Gasteiger partial charge in [-0.05, 0) is 36.1 Å². The number of benzene rings is 1. The van der Waals surface area contributed by atoms with Crippen molar-refractivity contribution in [3.05, 3.63) is 69.2 Å². The molecule has 0 fully saturated rings. The van der Waals surface area contributed by atoms with Crippen LogP contribution in [0.3, 0.4) is 0 Å². The number of hydrogen-bond acceptors (Lipinski definition) is 3. The molecule has 1 aliphatic heterocycles. The molecule has 27 heavy (non-hydrogen) atoms. The summed E-state index contributed by atoms with van der Waals surface area (Å²) in [5.74, 6) is -0.577. The van der Waals surface area contributed by atoms with Gasteiger partial charge in [-0.15, -0.1) is 0 Å². The fourth-order valence-corrected chi connectivity index (χ4v) is 3.17. The number of halogens is 4. The van der Waals surface area contributed by atoms with Gasteiger partial charge in [-0.3, -0.25) is 9.79 Å². The van der Waals surface area contributed by atoms with Crippen LogP contribution in [0.1, 0.15) is 18.4 Å². The molecule has 3 nitrogen and oxygen atoms in total. The Morgan fingerprint density at radius 1 is 1.19 bits per heavy atom. The molecule has 0 bridgehead atoms. The Hall–Kier alpha value is -2.28. The topological polar surface area (TPSA) is 41.8 Å². The van der Waals surface area contributed by atoms with Crippen molar-refractivity contribution in [3.8, 4) is 0 Å². The van der Waals surface area contributed by atoms with Crippen LogP contribution in [-0.2, 0) is 11.2 Å². The molecule has 7 heteroatoms. The minimum absolute atomic E-state index is 0.124. The number of rotatable bonds is 5. The van der Waals surface area contributed by atoms with Crippen LogP contribution in [-0.4, -0.2) is 30.6 Å². The third-order valence-electron chi connectivity index (χ3n) is 4.30. The predicted molar refractivity (Wildman–Crippen MR) is 103 cm³/mol. The smallest absolute Gasteiger partial charge is 0.294 e. The summed E-state index contributed by atoms with van der Waals surface area (Å²) in [7, 11) is 0. The molecule has 1 aliphatic carbocycles. The van der Waals surface area contributed by atoms with E-state index in [1.54, 1.807) is 6.08 Å². The van der Waals surface area contributed by atoms with Crippen molar-refractivity contribution in [1.82, 2.24) is 0 Å². The first-order chi connectivity index (χ1) is 12.8. The minimum atomic E-state index is -4.56. The number of allylic oxidation sites excluding steroid dienone is 6. The van der Waals surface area contributed by atoms with Crippen LogP contribution < -0.4 is 0 Å². The van der Waals surface area contributed by atoms with Gasteiger partial charge in [0.2, 0.25) is 0 Å². The van der Waals surface area contributed by atoms with E-state index >= 15 is 0 Å². The lowest BCUT2D eigenvalue weighted by atomic mass is 9.97. The molecule has 0 aromatic heterocycles. The van der Waals surface area contributed by atoms with Crippen LogP contribution in [0.15, 0.2) is 73.7 Å². The lowest BCUT2D eigenvalue weighted by Gasteiger charge is -2.14. The Morgan fingerprint density at radius 2 is 1.93 bits per heavy atom. The fraction of sp³-hybridized carbons (Fsp3) is 0.250. The summed E-state index contributed by atoms with van der Waals surface area (Å²) in [6.45, 7) is 0. The van der Waals surface area contributed by atoms with E-state index in [0.717, 1.165) is 15.6 Å². The molecule has 1 atom stereocenters. The Labute approximate surface area is 163 Å². The van der Waals surface area contributed by atoms with E-state index < -0.39 is 23.6 Å². The zero-order chi connectivity index (χ0) is 19.4. The van der Waals surface area contributed by atoms with Crippen LogP contribution >= 0.6 is 15.9 Å². The molecule has 0 saturated heterocycles. The minimum Gasteiger partial charge on any atom is -0.294 e. The zero-order valence-electron chi connectivity index (χ0n) is 14.2. The van der Waals surface area contributed by atoms with Gasteiger partial charge in [0.25, 0.3) is 0 Å². The molecule has 0 spiro atoms. The molecule has 1 aromatic rings. The summed E-state index contributed by atoms with van der Waals surface area (Å²) in [6.07, 6.45) is 2.67. The summed E-state index contributed by atoms with van der Waals surface area (Å²) < 4.78 is 41.5. The maximum absolute atomic E-state index is 13.5. The van der Waals surface area contributed by atoms with Crippen LogP contribution in [0.4, 0.5) is 13.2 Å². The molecule has 3 rings (SSSR count). The van der Waals surface area contributed by atoms with Crippen molar-refractivity contribution >= 4 is 34.3 Å². The van der Waals surface area contributed by atoms with Crippen LogP contribution in [0.2, 0.25) is 0 Å². The highest BCUT2D eigenvalue weighted by Gasteiger charge is 2.37. The van der Waals surface area contributed by atoms with Crippen molar-refractivity contribution in [2.75, 3.05) is 0 Å². The largest absolute Gasteiger partial charge is 0.413 e. The first-order valence-corrected chi connectivity index (χ1v) is 9.12. The summed E-state index contributed by atoms with van der Waals surface area (Å²) in [4.78, 5) is 20.2. The predicted octanol–water partition coefficient (Wildman–Crippen LogP) is 5.18. The van der Waals surface area contributed by atoms with E-state index in [1.165, 1.54) is 24.7 Å². The standard InChI is InChI=1S/C20H16BrF3N2O/c21-15-5-1-13(2-6-15)9-14-3-7-17(18(8-4-14)20(22,23)24)19(27)10-16-11-25-12-26-16/h1-7,11-12,16H,8-10H2. The van der Waals surface area contributed by atoms with Gasteiger partial charge in [-0.1, -0.05) is 46.3 Å². The van der Waals surface area contributed by atoms with E-state index in [-0.39, 0.29) is 18.4 Å². The van der Waals surface area contributed by atoms with Crippen molar-refractivity contribution in [1.29, 1.82) is 0 Å². The molecule has 1 heterocycles. The van der Waals surface area contributed by atoms with E-state index in [4.69, 9.17) is 0 Å². The normalized spacial score (nSPS) is 19.4. The number of hydrogen-bond donors (Lipinski definition) is 0. The maximum atomic E-state index is 13.5. The lowest BCUT2D eigenvalue weighted by Crippen LogP contribution is -2.19. The van der Waals surface area contributed by atoms with Gasteiger partial charge in [0, 0.05) is 28.3 Å². The second kappa shape index (κ2) is 8.17. The molecule has 0 amide bonds. The number of alkyl halides is 3. The van der Waals surface area contributed by atoms with Crippen LogP contribution in [0.5, 0.6) is 0 Å². The summed E-state index contributed by atoms with van der Waals surface area (Å²) in [5.41, 5.74) is 0.616. The van der Waals surface area contributed by atoms with E-state index in [2.05, 4.69) is 25.9 Å². The monoisotopic (exact) mass is 436 g/mol. The number of ketones is 1. The summed E-state index contributed by atoms with van der Waals surface area (Å²) >= 11 is 3.36. The average Bonchev–Trinajstić information content (AvgIpc) is 3.01. The second-order valence-corrected chi connectivity index (χ2v) is 7.18. The lowest BCUT2D eigenvalue weighted by molar-refractivity contribution is -0.117. The molecule has 0 N–H and O–H groups in total. The summed E-state index contributed by atoms with van der Waals surface area (Å²) in [5, 5.41) is 0. The molecule has 0 saturated carbocycles. The number of aliphatic imine (C=N–C) groups is 2. The quantitative estimate of drug-likeness (QED) is 0.626. The second-order valence-electron chi connectivity index (χ2n) is 6.27. The van der Waals surface area contributed by atoms with Crippen molar-refractivity contribution in [2.24, 2.45) is 9.98 Å². The van der Waals surface area contributed by atoms with Crippen molar-refractivity contribution in [3.63, 3.8) is 0 Å². The van der Waals surface area contributed by atoms with Gasteiger partial charge >= 0.3 is 6.18 Å². The van der Waals surface area contributed by atoms with Gasteiger partial charge in [-0.25, -0.2) is 4.99 Å². The van der Waals surface area contributed by atoms with Crippen LogP contribution in [0.25, 0.3) is 0 Å². The molecule has 1 aromatic carbocycles. The van der Waals surface area contributed by atoms with E-state index in [1.807, 2.05) is 24.3 Å². The molecule has 140 valence electrons. The highest BCUT2D eigenvalue weighted by molar-refractivity contribution is 9.10. The van der Waals surface area contributed by atoms with E-state index in [9.17, 15) is 18.0 Å². The molecular weight excluding hydrogens is 421 g/mol.